The van der Waals surface area contributed by atoms with Gasteiger partial charge in [-0.05, 0) is 43.2 Å². The third kappa shape index (κ3) is 7.30. The van der Waals surface area contributed by atoms with E-state index in [2.05, 4.69) is 46.8 Å². The van der Waals surface area contributed by atoms with Crippen LogP contribution in [0.5, 0.6) is 5.75 Å². The number of aliphatic imine (C=N–C) groups is 1. The molecule has 0 unspecified atom stereocenters. The van der Waals surface area contributed by atoms with E-state index in [1.807, 2.05) is 12.1 Å². The molecule has 0 bridgehead atoms. The van der Waals surface area contributed by atoms with Gasteiger partial charge in [0.2, 0.25) is 5.91 Å². The van der Waals surface area contributed by atoms with Crippen molar-refractivity contribution >= 4 is 23.2 Å². The van der Waals surface area contributed by atoms with E-state index < -0.39 is 0 Å². The molecule has 1 aromatic heterocycles. The number of rotatable bonds is 8. The zero-order chi connectivity index (χ0) is 19.6. The van der Waals surface area contributed by atoms with Crippen LogP contribution in [0.1, 0.15) is 15.3 Å². The van der Waals surface area contributed by atoms with Crippen molar-refractivity contribution in [1.82, 2.24) is 15.5 Å². The van der Waals surface area contributed by atoms with Gasteiger partial charge in [0.15, 0.2) is 5.96 Å². The Morgan fingerprint density at radius 3 is 2.48 bits per heavy atom. The number of ether oxygens (including phenoxy) is 1. The van der Waals surface area contributed by atoms with Gasteiger partial charge in [0, 0.05) is 30.4 Å². The van der Waals surface area contributed by atoms with Crippen molar-refractivity contribution in [2.24, 2.45) is 4.99 Å². The van der Waals surface area contributed by atoms with Gasteiger partial charge in [-0.3, -0.25) is 4.79 Å². The zero-order valence-corrected chi connectivity index (χ0v) is 17.2. The number of benzene rings is 1. The molecule has 0 aliphatic rings. The molecule has 1 heterocycles. The van der Waals surface area contributed by atoms with Crippen LogP contribution in [0.4, 0.5) is 0 Å². The summed E-state index contributed by atoms with van der Waals surface area (Å²) in [6.07, 6.45) is 0.852. The normalized spacial score (nSPS) is 11.2. The van der Waals surface area contributed by atoms with Gasteiger partial charge in [-0.2, -0.15) is 0 Å². The van der Waals surface area contributed by atoms with Gasteiger partial charge in [0.05, 0.1) is 13.7 Å². The first kappa shape index (κ1) is 20.8. The van der Waals surface area contributed by atoms with E-state index in [1.54, 1.807) is 37.4 Å². The first-order chi connectivity index (χ1) is 13.0. The molecule has 27 heavy (non-hydrogen) atoms. The van der Waals surface area contributed by atoms with Crippen LogP contribution in [0.2, 0.25) is 0 Å². The van der Waals surface area contributed by atoms with Gasteiger partial charge in [-0.1, -0.05) is 12.1 Å². The number of carbonyl (C=O) groups is 1. The van der Waals surface area contributed by atoms with Crippen molar-refractivity contribution in [2.75, 3.05) is 34.3 Å². The molecule has 0 fully saturated rings. The quantitative estimate of drug-likeness (QED) is 0.538. The van der Waals surface area contributed by atoms with Gasteiger partial charge in [0.25, 0.3) is 0 Å². The summed E-state index contributed by atoms with van der Waals surface area (Å²) in [5.41, 5.74) is 1.21. The number of amides is 1. The molecule has 0 atom stereocenters. The lowest BCUT2D eigenvalue weighted by Crippen LogP contribution is -2.39. The molecule has 0 saturated carbocycles. The van der Waals surface area contributed by atoms with Crippen molar-refractivity contribution in [1.29, 1.82) is 0 Å². The van der Waals surface area contributed by atoms with E-state index in [9.17, 15) is 4.79 Å². The van der Waals surface area contributed by atoms with Crippen LogP contribution in [-0.2, 0) is 17.8 Å². The maximum absolute atomic E-state index is 11.8. The molecule has 0 spiro atoms. The maximum Gasteiger partial charge on any atom is 0.243 e. The minimum absolute atomic E-state index is 0.0294. The number of aryl methyl sites for hydroxylation is 1. The van der Waals surface area contributed by atoms with E-state index >= 15 is 0 Å². The summed E-state index contributed by atoms with van der Waals surface area (Å²) in [4.78, 5) is 20.3. The van der Waals surface area contributed by atoms with Crippen LogP contribution in [0, 0.1) is 6.92 Å². The molecule has 1 aromatic carbocycles. The highest BCUT2D eigenvalue weighted by molar-refractivity contribution is 7.11. The Bertz CT molecular complexity index is 754. The number of likely N-dealkylation sites (N-methyl/N-ethyl adjacent to an activating group) is 1. The average molecular weight is 389 g/mol. The van der Waals surface area contributed by atoms with Gasteiger partial charge in [-0.25, -0.2) is 4.99 Å². The SMILES string of the molecule is COc1ccc(CCNC(=NCC(=O)N(C)C)NCc2ccc(C)s2)cc1. The van der Waals surface area contributed by atoms with E-state index in [0.29, 0.717) is 12.5 Å². The minimum Gasteiger partial charge on any atom is -0.497 e. The molecule has 2 aromatic rings. The smallest absolute Gasteiger partial charge is 0.243 e. The minimum atomic E-state index is -0.0294. The number of guanidine groups is 1. The van der Waals surface area contributed by atoms with Crippen molar-refractivity contribution in [3.05, 3.63) is 51.7 Å². The molecular formula is C20H28N4O2S. The van der Waals surface area contributed by atoms with Crippen LogP contribution in [-0.4, -0.2) is 51.1 Å². The van der Waals surface area contributed by atoms with Crippen molar-refractivity contribution in [3.63, 3.8) is 0 Å². The third-order valence-corrected chi connectivity index (χ3v) is 4.96. The highest BCUT2D eigenvalue weighted by Gasteiger charge is 2.05. The summed E-state index contributed by atoms with van der Waals surface area (Å²) in [5.74, 6) is 1.46. The monoisotopic (exact) mass is 388 g/mol. The molecule has 6 nitrogen and oxygen atoms in total. The predicted octanol–water partition coefficient (Wildman–Crippen LogP) is 2.43. The molecule has 146 valence electrons. The number of hydrogen-bond acceptors (Lipinski definition) is 4. The number of carbonyl (C=O) groups excluding carboxylic acids is 1. The molecular weight excluding hydrogens is 360 g/mol. The Morgan fingerprint density at radius 2 is 1.89 bits per heavy atom. The molecule has 7 heteroatoms. The molecule has 2 rings (SSSR count). The molecule has 0 radical (unpaired) electrons. The van der Waals surface area contributed by atoms with Gasteiger partial charge < -0.3 is 20.3 Å². The van der Waals surface area contributed by atoms with Crippen LogP contribution in [0.15, 0.2) is 41.4 Å². The lowest BCUT2D eigenvalue weighted by atomic mass is 10.1. The first-order valence-electron chi connectivity index (χ1n) is 8.88. The highest BCUT2D eigenvalue weighted by atomic mass is 32.1. The standard InChI is InChI=1S/C20H28N4O2S/c1-15-5-10-18(27-15)13-22-20(23-14-19(25)24(2)3)21-12-11-16-6-8-17(26-4)9-7-16/h5-10H,11-14H2,1-4H3,(H2,21,22,23). The van der Waals surface area contributed by atoms with Crippen LogP contribution >= 0.6 is 11.3 Å². The summed E-state index contributed by atoms with van der Waals surface area (Å²) in [7, 11) is 5.13. The Morgan fingerprint density at radius 1 is 1.15 bits per heavy atom. The number of thiophene rings is 1. The highest BCUT2D eigenvalue weighted by Crippen LogP contribution is 2.14. The van der Waals surface area contributed by atoms with Gasteiger partial charge in [-0.15, -0.1) is 11.3 Å². The second-order valence-electron chi connectivity index (χ2n) is 6.34. The zero-order valence-electron chi connectivity index (χ0n) is 16.4. The second kappa shape index (κ2) is 10.6. The number of methoxy groups -OCH3 is 1. The lowest BCUT2D eigenvalue weighted by molar-refractivity contribution is -0.127. The van der Waals surface area contributed by atoms with Crippen molar-refractivity contribution in [2.45, 2.75) is 19.9 Å². The number of nitrogens with zero attached hydrogens (tertiary/aromatic N) is 2. The summed E-state index contributed by atoms with van der Waals surface area (Å²) in [6, 6.07) is 12.2. The Labute approximate surface area is 165 Å². The number of hydrogen-bond donors (Lipinski definition) is 2. The van der Waals surface area contributed by atoms with Crippen molar-refractivity contribution in [3.8, 4) is 5.75 Å². The lowest BCUT2D eigenvalue weighted by Gasteiger charge is -2.13. The van der Waals surface area contributed by atoms with Crippen molar-refractivity contribution < 1.29 is 9.53 Å². The average Bonchev–Trinajstić information content (AvgIpc) is 3.08. The van der Waals surface area contributed by atoms with Crippen LogP contribution in [0.3, 0.4) is 0 Å². The fraction of sp³-hybridized carbons (Fsp3) is 0.400. The van der Waals surface area contributed by atoms with Gasteiger partial charge >= 0.3 is 0 Å². The molecule has 0 aliphatic carbocycles. The topological polar surface area (TPSA) is 66.0 Å². The molecule has 2 N–H and O–H groups in total. The van der Waals surface area contributed by atoms with Gasteiger partial charge in [0.1, 0.15) is 12.3 Å². The van der Waals surface area contributed by atoms with E-state index in [4.69, 9.17) is 4.74 Å². The largest absolute Gasteiger partial charge is 0.497 e. The predicted molar refractivity (Wildman–Crippen MR) is 112 cm³/mol. The fourth-order valence-electron chi connectivity index (χ4n) is 2.33. The second-order valence-corrected chi connectivity index (χ2v) is 7.72. The first-order valence-corrected chi connectivity index (χ1v) is 9.70. The van der Waals surface area contributed by atoms with E-state index in [-0.39, 0.29) is 12.5 Å². The van der Waals surface area contributed by atoms with E-state index in [1.165, 1.54) is 15.3 Å². The number of nitrogens with one attached hydrogen (secondary N) is 2. The fourth-order valence-corrected chi connectivity index (χ4v) is 3.16. The summed E-state index contributed by atoms with van der Waals surface area (Å²) >= 11 is 1.75. The Hall–Kier alpha value is -2.54. The summed E-state index contributed by atoms with van der Waals surface area (Å²) in [6.45, 7) is 3.61. The Balaban J connectivity index is 1.91. The molecule has 1 amide bonds. The van der Waals surface area contributed by atoms with Crippen LogP contribution in [0.25, 0.3) is 0 Å². The van der Waals surface area contributed by atoms with E-state index in [0.717, 1.165) is 18.7 Å². The Kier molecular flexibility index (Phi) is 8.13. The summed E-state index contributed by atoms with van der Waals surface area (Å²) in [5, 5.41) is 6.62. The third-order valence-electron chi connectivity index (χ3n) is 3.96. The summed E-state index contributed by atoms with van der Waals surface area (Å²) < 4.78 is 5.18. The maximum atomic E-state index is 11.8. The molecule has 0 saturated heterocycles. The van der Waals surface area contributed by atoms with Crippen LogP contribution < -0.4 is 15.4 Å². The molecule has 0 aliphatic heterocycles.